The van der Waals surface area contributed by atoms with E-state index in [1.54, 1.807) is 31.5 Å². The summed E-state index contributed by atoms with van der Waals surface area (Å²) in [6.07, 6.45) is 3.45. The van der Waals surface area contributed by atoms with Crippen LogP contribution >= 0.6 is 12.4 Å². The van der Waals surface area contributed by atoms with E-state index in [9.17, 15) is 4.79 Å². The molecule has 0 fully saturated rings. The molecule has 1 N–H and O–H groups in total. The fraction of sp³-hybridized carbons (Fsp3) is 0.0476. The van der Waals surface area contributed by atoms with Gasteiger partial charge in [-0.25, -0.2) is 9.97 Å². The van der Waals surface area contributed by atoms with Crippen LogP contribution in [0, 0.1) is 0 Å². The molecule has 0 saturated heterocycles. The first-order valence-corrected chi connectivity index (χ1v) is 8.26. The Morgan fingerprint density at radius 3 is 2.30 bits per heavy atom. The number of para-hydroxylation sites is 1. The van der Waals surface area contributed by atoms with E-state index in [0.717, 1.165) is 28.0 Å². The zero-order chi connectivity index (χ0) is 17.9. The first kappa shape index (κ1) is 18.5. The van der Waals surface area contributed by atoms with E-state index in [-0.39, 0.29) is 18.2 Å². The lowest BCUT2D eigenvalue weighted by molar-refractivity contribution is 0.101. The first-order chi connectivity index (χ1) is 12.7. The summed E-state index contributed by atoms with van der Waals surface area (Å²) >= 11 is 0. The number of rotatable bonds is 4. The summed E-state index contributed by atoms with van der Waals surface area (Å²) in [5.74, 6) is 1.40. The molecule has 27 heavy (non-hydrogen) atoms. The summed E-state index contributed by atoms with van der Waals surface area (Å²) in [4.78, 5) is 24.9. The Bertz CT molecular complexity index is 1080. The molecule has 0 unspecified atom stereocenters. The highest BCUT2D eigenvalue weighted by atomic mass is 35.5. The van der Waals surface area contributed by atoms with Crippen LogP contribution in [0.5, 0.6) is 0 Å². The maximum atomic E-state index is 11.4. The molecule has 4 rings (SSSR count). The number of benzene rings is 2. The highest BCUT2D eigenvalue weighted by molar-refractivity contribution is 5.95. The fourth-order valence-corrected chi connectivity index (χ4v) is 2.73. The van der Waals surface area contributed by atoms with Crippen molar-refractivity contribution in [1.82, 2.24) is 15.0 Å². The van der Waals surface area contributed by atoms with Crippen LogP contribution < -0.4 is 5.32 Å². The highest BCUT2D eigenvalue weighted by Crippen LogP contribution is 2.27. The van der Waals surface area contributed by atoms with Gasteiger partial charge in [0.25, 0.3) is 0 Å². The third-order valence-electron chi connectivity index (χ3n) is 4.10. The number of ketones is 1. The Hall–Kier alpha value is -3.31. The number of anilines is 2. The number of fused-ring (bicyclic) bond motifs is 1. The van der Waals surface area contributed by atoms with Gasteiger partial charge in [-0.15, -0.1) is 12.4 Å². The number of carbonyl (C=O) groups excluding carboxylic acids is 1. The van der Waals surface area contributed by atoms with Crippen LogP contribution in [0.4, 0.5) is 11.5 Å². The summed E-state index contributed by atoms with van der Waals surface area (Å²) in [6.45, 7) is 1.56. The minimum atomic E-state index is 0. The molecule has 6 heteroatoms. The molecule has 0 aliphatic carbocycles. The molecule has 0 atom stereocenters. The lowest BCUT2D eigenvalue weighted by atomic mass is 10.1. The molecule has 0 aliphatic heterocycles. The van der Waals surface area contributed by atoms with Crippen molar-refractivity contribution >= 4 is 40.6 Å². The number of nitrogens with zero attached hydrogens (tertiary/aromatic N) is 3. The van der Waals surface area contributed by atoms with Crippen LogP contribution in [0.2, 0.25) is 0 Å². The molecule has 0 spiro atoms. The average Bonchev–Trinajstić information content (AvgIpc) is 2.69. The Kier molecular flexibility index (Phi) is 5.43. The lowest BCUT2D eigenvalue weighted by Gasteiger charge is -2.11. The van der Waals surface area contributed by atoms with Crippen LogP contribution in [0.15, 0.2) is 73.1 Å². The summed E-state index contributed by atoms with van der Waals surface area (Å²) < 4.78 is 0. The van der Waals surface area contributed by atoms with Crippen LogP contribution in [0.25, 0.3) is 22.3 Å². The van der Waals surface area contributed by atoms with Gasteiger partial charge in [0.1, 0.15) is 5.82 Å². The quantitative estimate of drug-likeness (QED) is 0.504. The number of nitrogens with one attached hydrogen (secondary N) is 1. The van der Waals surface area contributed by atoms with Crippen molar-refractivity contribution in [1.29, 1.82) is 0 Å². The van der Waals surface area contributed by atoms with Gasteiger partial charge in [0.05, 0.1) is 5.52 Å². The van der Waals surface area contributed by atoms with E-state index in [4.69, 9.17) is 4.98 Å². The zero-order valence-electron chi connectivity index (χ0n) is 14.6. The van der Waals surface area contributed by atoms with Crippen LogP contribution in [-0.4, -0.2) is 20.7 Å². The third-order valence-corrected chi connectivity index (χ3v) is 4.10. The molecule has 0 bridgehead atoms. The Balaban J connectivity index is 0.00000210. The fourth-order valence-electron chi connectivity index (χ4n) is 2.73. The number of hydrogen-bond donors (Lipinski definition) is 1. The maximum absolute atomic E-state index is 11.4. The van der Waals surface area contributed by atoms with Crippen molar-refractivity contribution < 1.29 is 4.79 Å². The number of Topliss-reactive ketones (excluding diaryl/α,β-unsaturated/α-hetero) is 1. The molecule has 5 nitrogen and oxygen atoms in total. The molecule has 2 heterocycles. The molecule has 134 valence electrons. The van der Waals surface area contributed by atoms with Crippen molar-refractivity contribution in [2.24, 2.45) is 0 Å². The topological polar surface area (TPSA) is 67.8 Å². The summed E-state index contributed by atoms with van der Waals surface area (Å²) in [5.41, 5.74) is 3.30. The molecule has 0 radical (unpaired) electrons. The first-order valence-electron chi connectivity index (χ1n) is 8.26. The molecule has 2 aromatic carbocycles. The SMILES string of the molecule is CC(=O)c1ccc(Nc2nc(-c3ccncc3)nc3ccccc23)cc1.Cl. The maximum Gasteiger partial charge on any atom is 0.162 e. The van der Waals surface area contributed by atoms with E-state index in [0.29, 0.717) is 11.4 Å². The monoisotopic (exact) mass is 376 g/mol. The predicted molar refractivity (Wildman–Crippen MR) is 110 cm³/mol. The van der Waals surface area contributed by atoms with E-state index >= 15 is 0 Å². The van der Waals surface area contributed by atoms with Crippen molar-refractivity contribution in [2.45, 2.75) is 6.92 Å². The van der Waals surface area contributed by atoms with Gasteiger partial charge < -0.3 is 5.32 Å². The summed E-state index contributed by atoms with van der Waals surface area (Å²) in [7, 11) is 0. The Morgan fingerprint density at radius 2 is 1.59 bits per heavy atom. The molecular formula is C21H17ClN4O. The van der Waals surface area contributed by atoms with Crippen molar-refractivity contribution in [3.05, 3.63) is 78.6 Å². The van der Waals surface area contributed by atoms with Gasteiger partial charge in [0.15, 0.2) is 11.6 Å². The molecule has 0 amide bonds. The van der Waals surface area contributed by atoms with Crippen molar-refractivity contribution in [3.8, 4) is 11.4 Å². The minimum absolute atomic E-state index is 0. The van der Waals surface area contributed by atoms with Crippen molar-refractivity contribution in [2.75, 3.05) is 5.32 Å². The smallest absolute Gasteiger partial charge is 0.162 e. The standard InChI is InChI=1S/C21H16N4O.ClH/c1-14(26)15-6-8-17(9-7-15)23-21-18-4-2-3-5-19(18)24-20(25-21)16-10-12-22-13-11-16;/h2-13H,1H3,(H,23,24,25);1H. The van der Waals surface area contributed by atoms with E-state index < -0.39 is 0 Å². The number of aromatic nitrogens is 3. The van der Waals surface area contributed by atoms with Gasteiger partial charge in [-0.3, -0.25) is 9.78 Å². The van der Waals surface area contributed by atoms with E-state index in [2.05, 4.69) is 15.3 Å². The van der Waals surface area contributed by atoms with Gasteiger partial charge in [0, 0.05) is 34.6 Å². The molecule has 4 aromatic rings. The summed E-state index contributed by atoms with van der Waals surface area (Å²) in [5, 5.41) is 4.28. The van der Waals surface area contributed by atoms with Gasteiger partial charge in [-0.05, 0) is 55.5 Å². The van der Waals surface area contributed by atoms with Gasteiger partial charge >= 0.3 is 0 Å². The number of hydrogen-bond acceptors (Lipinski definition) is 5. The second-order valence-corrected chi connectivity index (χ2v) is 5.91. The largest absolute Gasteiger partial charge is 0.340 e. The normalized spacial score (nSPS) is 10.3. The number of pyridine rings is 1. The zero-order valence-corrected chi connectivity index (χ0v) is 15.4. The molecule has 2 aromatic heterocycles. The third kappa shape index (κ3) is 3.93. The van der Waals surface area contributed by atoms with E-state index in [1.165, 1.54) is 0 Å². The minimum Gasteiger partial charge on any atom is -0.340 e. The average molecular weight is 377 g/mol. The van der Waals surface area contributed by atoms with Crippen molar-refractivity contribution in [3.63, 3.8) is 0 Å². The van der Waals surface area contributed by atoms with Gasteiger partial charge in [0.2, 0.25) is 0 Å². The second kappa shape index (κ2) is 7.93. The number of halogens is 1. The number of carbonyl (C=O) groups is 1. The van der Waals surface area contributed by atoms with Gasteiger partial charge in [-0.2, -0.15) is 0 Å². The van der Waals surface area contributed by atoms with E-state index in [1.807, 2.05) is 48.5 Å². The Morgan fingerprint density at radius 1 is 0.889 bits per heavy atom. The van der Waals surface area contributed by atoms with Crippen LogP contribution in [0.1, 0.15) is 17.3 Å². The second-order valence-electron chi connectivity index (χ2n) is 5.91. The molecule has 0 aliphatic rings. The molecule has 0 saturated carbocycles. The summed E-state index contributed by atoms with van der Waals surface area (Å²) in [6, 6.07) is 19.0. The van der Waals surface area contributed by atoms with Crippen LogP contribution in [-0.2, 0) is 0 Å². The van der Waals surface area contributed by atoms with Crippen LogP contribution in [0.3, 0.4) is 0 Å². The Labute approximate surface area is 162 Å². The molecular weight excluding hydrogens is 360 g/mol. The van der Waals surface area contributed by atoms with Gasteiger partial charge in [-0.1, -0.05) is 12.1 Å². The predicted octanol–water partition coefficient (Wildman–Crippen LogP) is 5.06. The highest BCUT2D eigenvalue weighted by Gasteiger charge is 2.10. The lowest BCUT2D eigenvalue weighted by Crippen LogP contribution is -2.00.